The Hall–Kier alpha value is -3.10. The fourth-order valence-corrected chi connectivity index (χ4v) is 4.18. The average Bonchev–Trinajstić information content (AvgIpc) is 3.09. The summed E-state index contributed by atoms with van der Waals surface area (Å²) in [5.41, 5.74) is 6.09. The van der Waals surface area contributed by atoms with E-state index < -0.39 is 11.8 Å². The molecule has 2 atom stereocenters. The van der Waals surface area contributed by atoms with Crippen molar-refractivity contribution in [2.45, 2.75) is 49.5 Å². The fourth-order valence-electron chi connectivity index (χ4n) is 4.18. The topological polar surface area (TPSA) is 123 Å². The van der Waals surface area contributed by atoms with Crippen LogP contribution >= 0.6 is 0 Å². The SMILES string of the molecule is NC(=O)C(c1ccc(NCC2(c3ncccc3F)CCC2)nn1)C1CCC(=O)N1. The molecule has 0 bridgehead atoms. The second-order valence-corrected chi connectivity index (χ2v) is 7.76. The highest BCUT2D eigenvalue weighted by atomic mass is 19.1. The van der Waals surface area contributed by atoms with Crippen molar-refractivity contribution in [2.24, 2.45) is 5.73 Å². The van der Waals surface area contributed by atoms with Crippen LogP contribution < -0.4 is 16.4 Å². The van der Waals surface area contributed by atoms with Crippen LogP contribution in [0.5, 0.6) is 0 Å². The molecule has 152 valence electrons. The zero-order valence-electron chi connectivity index (χ0n) is 15.9. The van der Waals surface area contributed by atoms with Gasteiger partial charge in [-0.3, -0.25) is 14.6 Å². The van der Waals surface area contributed by atoms with Gasteiger partial charge < -0.3 is 16.4 Å². The summed E-state index contributed by atoms with van der Waals surface area (Å²) in [6.45, 7) is 0.493. The standard InChI is InChI=1S/C20H23FN6O2/c21-12-3-1-10-23-18(12)20(8-2-9-20)11-24-15-6-4-14(26-27-15)17(19(22)29)13-5-7-16(28)25-13/h1,3-4,6,10,13,17H,2,5,7-9,11H2,(H2,22,29)(H,24,27)(H,25,28). The first-order valence-electron chi connectivity index (χ1n) is 9.76. The number of carbonyl (C=O) groups excluding carboxylic acids is 2. The first kappa shape index (κ1) is 19.2. The Balaban J connectivity index is 1.46. The Morgan fingerprint density at radius 1 is 1.34 bits per heavy atom. The maximum absolute atomic E-state index is 14.2. The maximum atomic E-state index is 14.2. The Bertz CT molecular complexity index is 915. The van der Waals surface area contributed by atoms with E-state index in [2.05, 4.69) is 25.8 Å². The van der Waals surface area contributed by atoms with Gasteiger partial charge in [-0.05, 0) is 43.5 Å². The average molecular weight is 398 g/mol. The molecule has 2 aliphatic rings. The summed E-state index contributed by atoms with van der Waals surface area (Å²) < 4.78 is 14.2. The lowest BCUT2D eigenvalue weighted by Crippen LogP contribution is -2.42. The number of carbonyl (C=O) groups is 2. The molecule has 29 heavy (non-hydrogen) atoms. The maximum Gasteiger partial charge on any atom is 0.228 e. The second-order valence-electron chi connectivity index (χ2n) is 7.76. The van der Waals surface area contributed by atoms with Crippen LogP contribution in [0.25, 0.3) is 0 Å². The van der Waals surface area contributed by atoms with Gasteiger partial charge in [0.1, 0.15) is 17.6 Å². The predicted molar refractivity (Wildman–Crippen MR) is 103 cm³/mol. The summed E-state index contributed by atoms with van der Waals surface area (Å²) in [6, 6.07) is 6.06. The van der Waals surface area contributed by atoms with E-state index in [0.29, 0.717) is 36.6 Å². The van der Waals surface area contributed by atoms with E-state index in [0.717, 1.165) is 19.3 Å². The van der Waals surface area contributed by atoms with E-state index >= 15 is 0 Å². The molecule has 1 saturated heterocycles. The summed E-state index contributed by atoms with van der Waals surface area (Å²) in [4.78, 5) is 27.6. The number of nitrogens with one attached hydrogen (secondary N) is 2. The van der Waals surface area contributed by atoms with E-state index in [1.54, 1.807) is 24.4 Å². The molecule has 9 heteroatoms. The molecule has 4 rings (SSSR count). The molecule has 1 aliphatic carbocycles. The van der Waals surface area contributed by atoms with E-state index in [4.69, 9.17) is 5.73 Å². The number of hydrogen-bond acceptors (Lipinski definition) is 6. The van der Waals surface area contributed by atoms with Crippen molar-refractivity contribution in [3.05, 3.63) is 47.7 Å². The molecule has 2 aromatic rings. The van der Waals surface area contributed by atoms with Crippen LogP contribution in [-0.2, 0) is 15.0 Å². The van der Waals surface area contributed by atoms with Gasteiger partial charge >= 0.3 is 0 Å². The number of anilines is 1. The second kappa shape index (κ2) is 7.73. The first-order valence-corrected chi connectivity index (χ1v) is 9.76. The number of nitrogens with zero attached hydrogens (tertiary/aromatic N) is 3. The molecule has 0 spiro atoms. The minimum Gasteiger partial charge on any atom is -0.369 e. The zero-order chi connectivity index (χ0) is 20.4. The zero-order valence-corrected chi connectivity index (χ0v) is 15.9. The molecule has 2 unspecified atom stereocenters. The highest BCUT2D eigenvalue weighted by Gasteiger charge is 2.42. The lowest BCUT2D eigenvalue weighted by Gasteiger charge is -2.41. The van der Waals surface area contributed by atoms with Gasteiger partial charge in [0.15, 0.2) is 0 Å². The van der Waals surface area contributed by atoms with Crippen LogP contribution in [-0.4, -0.2) is 39.6 Å². The Labute approximate surface area is 167 Å². The van der Waals surface area contributed by atoms with Crippen LogP contribution in [0.2, 0.25) is 0 Å². The Kier molecular flexibility index (Phi) is 5.12. The lowest BCUT2D eigenvalue weighted by atomic mass is 9.66. The third-order valence-corrected chi connectivity index (χ3v) is 5.92. The number of nitrogens with two attached hydrogens (primary N) is 1. The number of pyridine rings is 1. The number of rotatable bonds is 7. The van der Waals surface area contributed by atoms with Crippen LogP contribution in [0.3, 0.4) is 0 Å². The molecular formula is C20H23FN6O2. The minimum atomic E-state index is -0.719. The third kappa shape index (κ3) is 3.76. The van der Waals surface area contributed by atoms with Gasteiger partial charge in [0.25, 0.3) is 0 Å². The van der Waals surface area contributed by atoms with E-state index in [9.17, 15) is 14.0 Å². The van der Waals surface area contributed by atoms with Crippen molar-refractivity contribution < 1.29 is 14.0 Å². The normalized spacial score (nSPS) is 21.1. The lowest BCUT2D eigenvalue weighted by molar-refractivity contribution is -0.120. The first-order chi connectivity index (χ1) is 14.0. The third-order valence-electron chi connectivity index (χ3n) is 5.92. The molecule has 8 nitrogen and oxygen atoms in total. The summed E-state index contributed by atoms with van der Waals surface area (Å²) in [6.07, 6.45) is 5.24. The van der Waals surface area contributed by atoms with Crippen LogP contribution in [0.1, 0.15) is 49.4 Å². The van der Waals surface area contributed by atoms with Gasteiger partial charge in [0.05, 0.1) is 11.4 Å². The van der Waals surface area contributed by atoms with Crippen molar-refractivity contribution in [2.75, 3.05) is 11.9 Å². The van der Waals surface area contributed by atoms with E-state index in [-0.39, 0.29) is 23.2 Å². The molecule has 0 aromatic carbocycles. The van der Waals surface area contributed by atoms with E-state index in [1.165, 1.54) is 6.07 Å². The van der Waals surface area contributed by atoms with Crippen LogP contribution in [0.15, 0.2) is 30.5 Å². The summed E-state index contributed by atoms with van der Waals surface area (Å²) in [5, 5.41) is 14.3. The number of primary amides is 1. The molecule has 2 amide bonds. The number of aromatic nitrogens is 3. The smallest absolute Gasteiger partial charge is 0.228 e. The van der Waals surface area contributed by atoms with Crippen LogP contribution in [0.4, 0.5) is 10.2 Å². The molecule has 3 heterocycles. The van der Waals surface area contributed by atoms with Crippen LogP contribution in [0, 0.1) is 5.82 Å². The van der Waals surface area contributed by atoms with Crippen molar-refractivity contribution in [1.82, 2.24) is 20.5 Å². The van der Waals surface area contributed by atoms with Gasteiger partial charge in [-0.2, -0.15) is 5.10 Å². The van der Waals surface area contributed by atoms with Crippen molar-refractivity contribution in [3.63, 3.8) is 0 Å². The van der Waals surface area contributed by atoms with Crippen molar-refractivity contribution in [3.8, 4) is 0 Å². The van der Waals surface area contributed by atoms with E-state index in [1.807, 2.05) is 0 Å². The van der Waals surface area contributed by atoms with Gasteiger partial charge in [-0.25, -0.2) is 4.39 Å². The highest BCUT2D eigenvalue weighted by Crippen LogP contribution is 2.43. The Morgan fingerprint density at radius 3 is 2.72 bits per heavy atom. The van der Waals surface area contributed by atoms with Gasteiger partial charge in [0.2, 0.25) is 11.8 Å². The highest BCUT2D eigenvalue weighted by molar-refractivity contribution is 5.85. The summed E-state index contributed by atoms with van der Waals surface area (Å²) in [5.74, 6) is -1.14. The number of hydrogen-bond donors (Lipinski definition) is 3. The molecule has 0 radical (unpaired) electrons. The largest absolute Gasteiger partial charge is 0.369 e. The van der Waals surface area contributed by atoms with Gasteiger partial charge in [-0.15, -0.1) is 5.10 Å². The molecule has 2 aromatic heterocycles. The Morgan fingerprint density at radius 2 is 2.17 bits per heavy atom. The van der Waals surface area contributed by atoms with Gasteiger partial charge in [0, 0.05) is 30.6 Å². The van der Waals surface area contributed by atoms with Gasteiger partial charge in [-0.1, -0.05) is 6.42 Å². The molecular weight excluding hydrogens is 375 g/mol. The monoisotopic (exact) mass is 398 g/mol. The number of halogens is 1. The molecule has 4 N–H and O–H groups in total. The molecule has 1 aliphatic heterocycles. The number of amides is 2. The van der Waals surface area contributed by atoms with Crippen molar-refractivity contribution >= 4 is 17.6 Å². The predicted octanol–water partition coefficient (Wildman–Crippen LogP) is 1.39. The summed E-state index contributed by atoms with van der Waals surface area (Å²) >= 11 is 0. The molecule has 1 saturated carbocycles. The summed E-state index contributed by atoms with van der Waals surface area (Å²) in [7, 11) is 0. The van der Waals surface area contributed by atoms with Crippen molar-refractivity contribution in [1.29, 1.82) is 0 Å². The molecule has 2 fully saturated rings. The minimum absolute atomic E-state index is 0.0972. The fraction of sp³-hybridized carbons (Fsp3) is 0.450. The quantitative estimate of drug-likeness (QED) is 0.648.